The summed E-state index contributed by atoms with van der Waals surface area (Å²) in [5.74, 6) is -0.728. The first-order valence-corrected chi connectivity index (χ1v) is 14.9. The number of halogens is 3. The molecule has 0 radical (unpaired) electrons. The van der Waals surface area contributed by atoms with E-state index >= 15 is 0 Å². The van der Waals surface area contributed by atoms with Crippen LogP contribution in [0, 0.1) is 5.82 Å². The normalized spacial score (nSPS) is 17.0. The highest BCUT2D eigenvalue weighted by atomic mass is 35.5. The SMILES string of the molecule is C[C@@H](NC(=O)c1nn(C2=C(Cl)C=C(Cl)CC2)c2c1CCN(C(=O)OC(C)(C)C)C2=Cc1ccc(F)cc1)c1ccccc1. The molecule has 1 atom stereocenters. The van der Waals surface area contributed by atoms with Gasteiger partial charge in [0, 0.05) is 17.1 Å². The molecule has 1 aromatic heterocycles. The molecule has 2 amide bonds. The third kappa shape index (κ3) is 6.86. The molecule has 1 aliphatic heterocycles. The van der Waals surface area contributed by atoms with Crippen LogP contribution in [0.5, 0.6) is 0 Å². The lowest BCUT2D eigenvalue weighted by atomic mass is 9.98. The van der Waals surface area contributed by atoms with Gasteiger partial charge in [-0.2, -0.15) is 5.10 Å². The number of amides is 2. The smallest absolute Gasteiger partial charge is 0.414 e. The quantitative estimate of drug-likeness (QED) is 0.312. The molecule has 2 heterocycles. The number of nitrogens with one attached hydrogen (secondary N) is 1. The summed E-state index contributed by atoms with van der Waals surface area (Å²) < 4.78 is 21.2. The van der Waals surface area contributed by atoms with Crippen LogP contribution >= 0.6 is 23.2 Å². The number of aromatic nitrogens is 2. The summed E-state index contributed by atoms with van der Waals surface area (Å²) in [7, 11) is 0. The topological polar surface area (TPSA) is 76.5 Å². The van der Waals surface area contributed by atoms with E-state index in [0.29, 0.717) is 57.5 Å². The van der Waals surface area contributed by atoms with E-state index in [4.69, 9.17) is 33.0 Å². The van der Waals surface area contributed by atoms with Gasteiger partial charge < -0.3 is 10.1 Å². The van der Waals surface area contributed by atoms with Gasteiger partial charge in [-0.15, -0.1) is 0 Å². The molecule has 5 rings (SSSR count). The van der Waals surface area contributed by atoms with Crippen molar-refractivity contribution in [3.05, 3.63) is 105 Å². The monoisotopic (exact) mass is 622 g/mol. The zero-order valence-corrected chi connectivity index (χ0v) is 26.0. The zero-order chi connectivity index (χ0) is 30.9. The van der Waals surface area contributed by atoms with Crippen LogP contribution in [-0.2, 0) is 11.2 Å². The van der Waals surface area contributed by atoms with Crippen LogP contribution in [0.4, 0.5) is 9.18 Å². The van der Waals surface area contributed by atoms with Gasteiger partial charge >= 0.3 is 6.09 Å². The van der Waals surface area contributed by atoms with Gasteiger partial charge in [-0.05, 0) is 82.4 Å². The van der Waals surface area contributed by atoms with Gasteiger partial charge in [0.1, 0.15) is 11.4 Å². The molecular weight excluding hydrogens is 590 g/mol. The third-order valence-corrected chi connectivity index (χ3v) is 7.79. The minimum Gasteiger partial charge on any atom is -0.443 e. The summed E-state index contributed by atoms with van der Waals surface area (Å²) >= 11 is 13.0. The van der Waals surface area contributed by atoms with E-state index < -0.39 is 11.7 Å². The fraction of sp³-hybridized carbons (Fsp3) is 0.303. The molecule has 2 aliphatic rings. The number of carbonyl (C=O) groups excluding carboxylic acids is 2. The van der Waals surface area contributed by atoms with Gasteiger partial charge in [0.05, 0.1) is 28.2 Å². The second-order valence-electron chi connectivity index (χ2n) is 11.5. The van der Waals surface area contributed by atoms with Gasteiger partial charge in [-0.25, -0.2) is 13.9 Å². The Kier molecular flexibility index (Phi) is 8.81. The largest absolute Gasteiger partial charge is 0.443 e. The van der Waals surface area contributed by atoms with Crippen LogP contribution in [0.15, 0.2) is 70.7 Å². The maximum atomic E-state index is 13.8. The summed E-state index contributed by atoms with van der Waals surface area (Å²) in [5, 5.41) is 8.90. The van der Waals surface area contributed by atoms with Crippen molar-refractivity contribution < 1.29 is 18.7 Å². The molecule has 1 N–H and O–H groups in total. The molecule has 10 heteroatoms. The average molecular weight is 624 g/mol. The van der Waals surface area contributed by atoms with Crippen LogP contribution in [-0.4, -0.2) is 38.8 Å². The molecule has 0 saturated heterocycles. The van der Waals surface area contributed by atoms with Crippen LogP contribution in [0.1, 0.15) is 79.5 Å². The lowest BCUT2D eigenvalue weighted by Crippen LogP contribution is -2.40. The highest BCUT2D eigenvalue weighted by Gasteiger charge is 2.37. The number of hydrogen-bond acceptors (Lipinski definition) is 4. The van der Waals surface area contributed by atoms with Gasteiger partial charge in [0.15, 0.2) is 5.69 Å². The molecule has 0 saturated carbocycles. The Morgan fingerprint density at radius 3 is 2.40 bits per heavy atom. The van der Waals surface area contributed by atoms with Crippen molar-refractivity contribution in [2.75, 3.05) is 6.54 Å². The minimum absolute atomic E-state index is 0.240. The van der Waals surface area contributed by atoms with Gasteiger partial charge in [-0.1, -0.05) is 65.7 Å². The highest BCUT2D eigenvalue weighted by molar-refractivity contribution is 6.36. The Morgan fingerprint density at radius 1 is 1.05 bits per heavy atom. The lowest BCUT2D eigenvalue weighted by molar-refractivity contribution is 0.0351. The Hall–Kier alpha value is -3.88. The number of carbonyl (C=O) groups is 2. The first kappa shape index (κ1) is 30.6. The lowest BCUT2D eigenvalue weighted by Gasteiger charge is -2.33. The van der Waals surface area contributed by atoms with Crippen molar-refractivity contribution in [3.63, 3.8) is 0 Å². The van der Waals surface area contributed by atoms with Crippen molar-refractivity contribution in [1.82, 2.24) is 20.0 Å². The zero-order valence-electron chi connectivity index (χ0n) is 24.5. The summed E-state index contributed by atoms with van der Waals surface area (Å²) in [5.41, 5.74) is 3.42. The van der Waals surface area contributed by atoms with Crippen molar-refractivity contribution in [3.8, 4) is 0 Å². The number of allylic oxidation sites excluding steroid dienone is 4. The fourth-order valence-electron chi connectivity index (χ4n) is 5.12. The molecule has 0 bridgehead atoms. The average Bonchev–Trinajstić information content (AvgIpc) is 3.34. The second-order valence-corrected chi connectivity index (χ2v) is 12.4. The molecule has 3 aromatic rings. The van der Waals surface area contributed by atoms with Crippen LogP contribution in [0.2, 0.25) is 0 Å². The van der Waals surface area contributed by atoms with Gasteiger partial charge in [0.2, 0.25) is 0 Å². The number of hydrogen-bond donors (Lipinski definition) is 1. The summed E-state index contributed by atoms with van der Waals surface area (Å²) in [4.78, 5) is 28.9. The Labute approximate surface area is 260 Å². The summed E-state index contributed by atoms with van der Waals surface area (Å²) in [6.45, 7) is 7.55. The van der Waals surface area contributed by atoms with E-state index in [1.54, 1.807) is 49.7 Å². The number of fused-ring (bicyclic) bond motifs is 1. The number of nitrogens with zero attached hydrogens (tertiary/aromatic N) is 3. The maximum absolute atomic E-state index is 13.8. The molecule has 224 valence electrons. The van der Waals surface area contributed by atoms with Gasteiger partial charge in [0.25, 0.3) is 5.91 Å². The predicted octanol–water partition coefficient (Wildman–Crippen LogP) is 8.13. The van der Waals surface area contributed by atoms with E-state index in [2.05, 4.69) is 5.32 Å². The minimum atomic E-state index is -0.742. The molecule has 7 nitrogen and oxygen atoms in total. The van der Waals surface area contributed by atoms with E-state index in [1.807, 2.05) is 37.3 Å². The van der Waals surface area contributed by atoms with E-state index in [-0.39, 0.29) is 30.0 Å². The Bertz CT molecular complexity index is 1640. The number of benzene rings is 2. The molecule has 0 spiro atoms. The number of rotatable bonds is 5. The van der Waals surface area contributed by atoms with Crippen LogP contribution in [0.3, 0.4) is 0 Å². The van der Waals surface area contributed by atoms with Gasteiger partial charge in [-0.3, -0.25) is 9.69 Å². The standard InChI is InChI=1S/C33H33Cl2FN4O3/c1-20(22-8-6-5-7-9-22)37-31(41)29-25-16-17-39(32(42)43-33(2,3)4)28(18-21-10-13-24(36)14-11-21)30(25)40(38-29)27-15-12-23(34)19-26(27)35/h5-11,13-14,18-20H,12,15-17H2,1-4H3,(H,37,41)/t20-/m1/s1. The molecule has 2 aromatic carbocycles. The predicted molar refractivity (Wildman–Crippen MR) is 168 cm³/mol. The maximum Gasteiger partial charge on any atom is 0.414 e. The van der Waals surface area contributed by atoms with Crippen molar-refractivity contribution in [1.29, 1.82) is 0 Å². The molecule has 1 aliphatic carbocycles. The van der Waals surface area contributed by atoms with E-state index in [1.165, 1.54) is 17.0 Å². The molecule has 0 unspecified atom stereocenters. The second kappa shape index (κ2) is 12.4. The summed E-state index contributed by atoms with van der Waals surface area (Å²) in [6.07, 6.45) is 4.26. The molecule has 0 fully saturated rings. The van der Waals surface area contributed by atoms with E-state index in [0.717, 1.165) is 5.56 Å². The number of ether oxygens (including phenoxy) is 1. The van der Waals surface area contributed by atoms with Crippen molar-refractivity contribution in [2.24, 2.45) is 0 Å². The fourth-order valence-corrected chi connectivity index (χ4v) is 5.68. The van der Waals surface area contributed by atoms with E-state index in [9.17, 15) is 14.0 Å². The Morgan fingerprint density at radius 2 is 1.74 bits per heavy atom. The first-order valence-electron chi connectivity index (χ1n) is 14.1. The molecule has 43 heavy (non-hydrogen) atoms. The van der Waals surface area contributed by atoms with Crippen molar-refractivity contribution >= 4 is 52.7 Å². The first-order chi connectivity index (χ1) is 20.4. The Balaban J connectivity index is 1.68. The van der Waals surface area contributed by atoms with Crippen LogP contribution < -0.4 is 5.32 Å². The highest BCUT2D eigenvalue weighted by Crippen LogP contribution is 2.39. The summed E-state index contributed by atoms with van der Waals surface area (Å²) in [6, 6.07) is 15.3. The molecular formula is C33H33Cl2FN4O3. The van der Waals surface area contributed by atoms with Crippen molar-refractivity contribution in [2.45, 2.75) is 58.6 Å². The van der Waals surface area contributed by atoms with Crippen LogP contribution in [0.25, 0.3) is 17.5 Å². The third-order valence-electron chi connectivity index (χ3n) is 7.17.